The van der Waals surface area contributed by atoms with Crippen LogP contribution in [0.5, 0.6) is 5.75 Å². The standard InChI is InChI=1S/C23H31N3O/c1-23(13-15-24-16-14-23)25-17-11-21(12-18-25)26(19-5-3-2-4-6-19)20-7-9-22(27)10-8-20/h2-10,21,24,27H,11-18H2,1H3. The highest BCUT2D eigenvalue weighted by Gasteiger charge is 2.36. The van der Waals surface area contributed by atoms with Crippen molar-refractivity contribution in [2.75, 3.05) is 31.1 Å². The van der Waals surface area contributed by atoms with Crippen molar-refractivity contribution in [3.63, 3.8) is 0 Å². The van der Waals surface area contributed by atoms with Crippen LogP contribution in [0.3, 0.4) is 0 Å². The van der Waals surface area contributed by atoms with Crippen LogP contribution in [0.15, 0.2) is 54.6 Å². The molecule has 144 valence electrons. The fourth-order valence-corrected chi connectivity index (χ4v) is 4.72. The third-order valence-corrected chi connectivity index (χ3v) is 6.44. The Labute approximate surface area is 162 Å². The molecule has 2 aromatic carbocycles. The zero-order valence-electron chi connectivity index (χ0n) is 16.3. The quantitative estimate of drug-likeness (QED) is 0.854. The third-order valence-electron chi connectivity index (χ3n) is 6.44. The number of likely N-dealkylation sites (tertiary alicyclic amines) is 1. The van der Waals surface area contributed by atoms with E-state index in [1.807, 2.05) is 12.1 Å². The Morgan fingerprint density at radius 1 is 0.926 bits per heavy atom. The molecular weight excluding hydrogens is 334 g/mol. The van der Waals surface area contributed by atoms with Crippen LogP contribution < -0.4 is 10.2 Å². The molecule has 4 nitrogen and oxygen atoms in total. The summed E-state index contributed by atoms with van der Waals surface area (Å²) < 4.78 is 0. The van der Waals surface area contributed by atoms with Gasteiger partial charge in [-0.25, -0.2) is 0 Å². The molecule has 2 aromatic rings. The summed E-state index contributed by atoms with van der Waals surface area (Å²) in [6, 6.07) is 18.8. The van der Waals surface area contributed by atoms with Gasteiger partial charge in [0, 0.05) is 36.0 Å². The number of benzene rings is 2. The van der Waals surface area contributed by atoms with E-state index in [1.165, 1.54) is 31.4 Å². The third kappa shape index (κ3) is 3.97. The smallest absolute Gasteiger partial charge is 0.115 e. The van der Waals surface area contributed by atoms with Gasteiger partial charge in [0.25, 0.3) is 0 Å². The SMILES string of the molecule is CC1(N2CCC(N(c3ccccc3)c3ccc(O)cc3)CC2)CCNCC1. The second kappa shape index (κ2) is 7.91. The van der Waals surface area contributed by atoms with Crippen LogP contribution in [-0.2, 0) is 0 Å². The van der Waals surface area contributed by atoms with E-state index in [9.17, 15) is 5.11 Å². The Kier molecular flexibility index (Phi) is 5.37. The molecule has 0 atom stereocenters. The van der Waals surface area contributed by atoms with Gasteiger partial charge in [-0.05, 0) is 82.1 Å². The van der Waals surface area contributed by atoms with E-state index in [4.69, 9.17) is 0 Å². The van der Waals surface area contributed by atoms with E-state index in [2.05, 4.69) is 52.4 Å². The monoisotopic (exact) mass is 365 g/mol. The normalized spacial score (nSPS) is 21.1. The number of aromatic hydroxyl groups is 1. The van der Waals surface area contributed by atoms with Crippen molar-refractivity contribution in [1.29, 1.82) is 0 Å². The summed E-state index contributed by atoms with van der Waals surface area (Å²) in [5.74, 6) is 0.320. The number of hydrogen-bond acceptors (Lipinski definition) is 4. The lowest BCUT2D eigenvalue weighted by atomic mass is 9.86. The number of nitrogens with one attached hydrogen (secondary N) is 1. The van der Waals surface area contributed by atoms with Gasteiger partial charge in [0.2, 0.25) is 0 Å². The van der Waals surface area contributed by atoms with Crippen LogP contribution in [0.1, 0.15) is 32.6 Å². The number of hydrogen-bond donors (Lipinski definition) is 2. The number of phenols is 1. The second-order valence-corrected chi connectivity index (χ2v) is 8.19. The maximum Gasteiger partial charge on any atom is 0.115 e. The summed E-state index contributed by atoms with van der Waals surface area (Å²) in [5.41, 5.74) is 2.74. The molecular formula is C23H31N3O. The summed E-state index contributed by atoms with van der Waals surface area (Å²) in [5, 5.41) is 13.2. The molecule has 0 radical (unpaired) electrons. The molecule has 0 unspecified atom stereocenters. The van der Waals surface area contributed by atoms with Crippen LogP contribution >= 0.6 is 0 Å². The number of phenolic OH excluding ortho intramolecular Hbond substituents is 1. The number of rotatable bonds is 4. The molecule has 0 aliphatic carbocycles. The first kappa shape index (κ1) is 18.3. The lowest BCUT2D eigenvalue weighted by Gasteiger charge is -2.49. The van der Waals surface area contributed by atoms with Gasteiger partial charge < -0.3 is 15.3 Å². The van der Waals surface area contributed by atoms with Crippen LogP contribution in [-0.4, -0.2) is 47.8 Å². The Bertz CT molecular complexity index is 717. The van der Waals surface area contributed by atoms with Gasteiger partial charge in [0.15, 0.2) is 0 Å². The molecule has 0 amide bonds. The summed E-state index contributed by atoms with van der Waals surface area (Å²) >= 11 is 0. The highest BCUT2D eigenvalue weighted by molar-refractivity contribution is 5.64. The van der Waals surface area contributed by atoms with Gasteiger partial charge in [-0.15, -0.1) is 0 Å². The maximum absolute atomic E-state index is 9.70. The molecule has 2 aliphatic heterocycles. The molecule has 2 fully saturated rings. The average Bonchev–Trinajstić information content (AvgIpc) is 2.72. The minimum absolute atomic E-state index is 0.320. The van der Waals surface area contributed by atoms with Crippen molar-refractivity contribution in [2.24, 2.45) is 0 Å². The van der Waals surface area contributed by atoms with Gasteiger partial charge >= 0.3 is 0 Å². The number of anilines is 2. The zero-order valence-corrected chi connectivity index (χ0v) is 16.3. The number of para-hydroxylation sites is 1. The maximum atomic E-state index is 9.70. The number of piperidine rings is 2. The largest absolute Gasteiger partial charge is 0.508 e. The van der Waals surface area contributed by atoms with Gasteiger partial charge in [-0.3, -0.25) is 4.90 Å². The molecule has 4 rings (SSSR count). The predicted octanol–water partition coefficient (Wildman–Crippen LogP) is 4.14. The fraction of sp³-hybridized carbons (Fsp3) is 0.478. The Hall–Kier alpha value is -2.04. The molecule has 2 saturated heterocycles. The minimum Gasteiger partial charge on any atom is -0.508 e. The van der Waals surface area contributed by atoms with Crippen molar-refractivity contribution in [2.45, 2.75) is 44.2 Å². The van der Waals surface area contributed by atoms with Crippen LogP contribution in [0.2, 0.25) is 0 Å². The van der Waals surface area contributed by atoms with Crippen LogP contribution in [0.4, 0.5) is 11.4 Å². The molecule has 0 saturated carbocycles. The number of nitrogens with zero attached hydrogens (tertiary/aromatic N) is 2. The molecule has 27 heavy (non-hydrogen) atoms. The first-order valence-corrected chi connectivity index (χ1v) is 10.2. The Morgan fingerprint density at radius 3 is 2.15 bits per heavy atom. The van der Waals surface area contributed by atoms with Gasteiger partial charge in [0.1, 0.15) is 5.75 Å². The topological polar surface area (TPSA) is 38.7 Å². The van der Waals surface area contributed by atoms with Crippen molar-refractivity contribution >= 4 is 11.4 Å². The predicted molar refractivity (Wildman–Crippen MR) is 112 cm³/mol. The Balaban J connectivity index is 1.53. The zero-order chi connectivity index (χ0) is 18.7. The lowest BCUT2D eigenvalue weighted by Crippen LogP contribution is -2.56. The van der Waals surface area contributed by atoms with Crippen molar-refractivity contribution < 1.29 is 5.11 Å². The molecule has 2 aliphatic rings. The Morgan fingerprint density at radius 2 is 1.52 bits per heavy atom. The summed E-state index contributed by atoms with van der Waals surface area (Å²) in [6.45, 7) is 7.04. The molecule has 2 heterocycles. The van der Waals surface area contributed by atoms with Gasteiger partial charge in [-0.2, -0.15) is 0 Å². The first-order valence-electron chi connectivity index (χ1n) is 10.2. The van der Waals surface area contributed by atoms with E-state index in [0.717, 1.165) is 31.9 Å². The van der Waals surface area contributed by atoms with Gasteiger partial charge in [-0.1, -0.05) is 18.2 Å². The fourth-order valence-electron chi connectivity index (χ4n) is 4.72. The molecule has 2 N–H and O–H groups in total. The van der Waals surface area contributed by atoms with Gasteiger partial charge in [0.05, 0.1) is 0 Å². The van der Waals surface area contributed by atoms with Crippen molar-refractivity contribution in [3.05, 3.63) is 54.6 Å². The molecule has 0 spiro atoms. The summed E-state index contributed by atoms with van der Waals surface area (Å²) in [7, 11) is 0. The summed E-state index contributed by atoms with van der Waals surface area (Å²) in [4.78, 5) is 5.19. The first-order chi connectivity index (χ1) is 13.2. The van der Waals surface area contributed by atoms with Crippen LogP contribution in [0.25, 0.3) is 0 Å². The molecule has 0 aromatic heterocycles. The average molecular weight is 366 g/mol. The lowest BCUT2D eigenvalue weighted by molar-refractivity contribution is 0.0493. The van der Waals surface area contributed by atoms with Crippen molar-refractivity contribution in [3.8, 4) is 5.75 Å². The highest BCUT2D eigenvalue weighted by Crippen LogP contribution is 2.35. The van der Waals surface area contributed by atoms with Crippen LogP contribution in [0, 0.1) is 0 Å². The van der Waals surface area contributed by atoms with E-state index in [-0.39, 0.29) is 0 Å². The highest BCUT2D eigenvalue weighted by atomic mass is 16.3. The molecule has 0 bridgehead atoms. The summed E-state index contributed by atoms with van der Waals surface area (Å²) in [6.07, 6.45) is 4.83. The molecule has 4 heteroatoms. The van der Waals surface area contributed by atoms with Crippen molar-refractivity contribution in [1.82, 2.24) is 10.2 Å². The second-order valence-electron chi connectivity index (χ2n) is 8.19. The van der Waals surface area contributed by atoms with E-state index >= 15 is 0 Å². The minimum atomic E-state index is 0.320. The van der Waals surface area contributed by atoms with E-state index in [1.54, 1.807) is 12.1 Å². The van der Waals surface area contributed by atoms with E-state index in [0.29, 0.717) is 17.3 Å². The van der Waals surface area contributed by atoms with E-state index < -0.39 is 0 Å².